The Bertz CT molecular complexity index is 592. The topological polar surface area (TPSA) is 47.3 Å². The molecular weight excluding hydrogens is 248 g/mol. The van der Waals surface area contributed by atoms with Gasteiger partial charge in [-0.3, -0.25) is 11.3 Å². The number of nitrogens with one attached hydrogen (secondary N) is 1. The number of rotatable bonds is 4. The molecule has 3 nitrogen and oxygen atoms in total. The van der Waals surface area contributed by atoms with Crippen LogP contribution < -0.4 is 11.3 Å². The van der Waals surface area contributed by atoms with E-state index < -0.39 is 0 Å². The third-order valence-corrected chi connectivity index (χ3v) is 3.91. The van der Waals surface area contributed by atoms with Crippen LogP contribution in [0.2, 0.25) is 0 Å². The van der Waals surface area contributed by atoms with E-state index in [-0.39, 0.29) is 6.04 Å². The Hall–Kier alpha value is -1.68. The van der Waals surface area contributed by atoms with E-state index in [0.717, 1.165) is 13.0 Å². The number of fused-ring (bicyclic) bond motifs is 1. The van der Waals surface area contributed by atoms with Crippen molar-refractivity contribution in [3.8, 4) is 0 Å². The molecule has 1 unspecified atom stereocenters. The monoisotopic (exact) mass is 268 g/mol. The number of aryl methyl sites for hydroxylation is 1. The van der Waals surface area contributed by atoms with Gasteiger partial charge in [0.15, 0.2) is 0 Å². The summed E-state index contributed by atoms with van der Waals surface area (Å²) in [5, 5.41) is 0. The third kappa shape index (κ3) is 2.75. The highest BCUT2D eigenvalue weighted by atomic mass is 16.5. The van der Waals surface area contributed by atoms with E-state index in [2.05, 4.69) is 54.8 Å². The van der Waals surface area contributed by atoms with Crippen molar-refractivity contribution >= 4 is 0 Å². The second-order valence-corrected chi connectivity index (χ2v) is 5.43. The van der Waals surface area contributed by atoms with Gasteiger partial charge < -0.3 is 4.74 Å². The molecule has 0 bridgehead atoms. The van der Waals surface area contributed by atoms with E-state index in [1.807, 2.05) is 0 Å². The van der Waals surface area contributed by atoms with Crippen LogP contribution in [0.5, 0.6) is 0 Å². The predicted molar refractivity (Wildman–Crippen MR) is 79.9 cm³/mol. The summed E-state index contributed by atoms with van der Waals surface area (Å²) in [7, 11) is 0. The SMILES string of the molecule is Cc1ccc(CC(NN)c2ccc3c(c2)COC3)cc1. The zero-order valence-electron chi connectivity index (χ0n) is 11.7. The quantitative estimate of drug-likeness (QED) is 0.662. The van der Waals surface area contributed by atoms with Crippen LogP contribution >= 0.6 is 0 Å². The second kappa shape index (κ2) is 5.75. The van der Waals surface area contributed by atoms with Crippen LogP contribution in [0.4, 0.5) is 0 Å². The van der Waals surface area contributed by atoms with Crippen molar-refractivity contribution in [3.05, 3.63) is 70.3 Å². The molecule has 0 fully saturated rings. The van der Waals surface area contributed by atoms with Gasteiger partial charge in [0.05, 0.1) is 13.2 Å². The first-order chi connectivity index (χ1) is 9.76. The molecule has 1 heterocycles. The van der Waals surface area contributed by atoms with E-state index in [4.69, 9.17) is 10.6 Å². The first-order valence-electron chi connectivity index (χ1n) is 6.97. The lowest BCUT2D eigenvalue weighted by atomic mass is 9.96. The molecule has 0 radical (unpaired) electrons. The van der Waals surface area contributed by atoms with Gasteiger partial charge in [0.1, 0.15) is 0 Å². The predicted octanol–water partition coefficient (Wildman–Crippen LogP) is 2.77. The van der Waals surface area contributed by atoms with Crippen LogP contribution in [0.3, 0.4) is 0 Å². The minimum atomic E-state index is 0.128. The van der Waals surface area contributed by atoms with Crippen LogP contribution in [0, 0.1) is 6.92 Å². The highest BCUT2D eigenvalue weighted by molar-refractivity contribution is 5.35. The summed E-state index contributed by atoms with van der Waals surface area (Å²) >= 11 is 0. The fourth-order valence-electron chi connectivity index (χ4n) is 2.64. The van der Waals surface area contributed by atoms with Gasteiger partial charge in [0, 0.05) is 6.04 Å². The summed E-state index contributed by atoms with van der Waals surface area (Å²) < 4.78 is 5.46. The van der Waals surface area contributed by atoms with Gasteiger partial charge in [-0.2, -0.15) is 0 Å². The summed E-state index contributed by atoms with van der Waals surface area (Å²) in [6.45, 7) is 3.54. The Kier molecular flexibility index (Phi) is 3.83. The first kappa shape index (κ1) is 13.3. The molecule has 104 valence electrons. The maximum Gasteiger partial charge on any atom is 0.0725 e. The Morgan fingerprint density at radius 2 is 1.85 bits per heavy atom. The molecule has 0 aromatic heterocycles. The van der Waals surface area contributed by atoms with Crippen molar-refractivity contribution in [3.63, 3.8) is 0 Å². The Morgan fingerprint density at radius 1 is 1.10 bits per heavy atom. The van der Waals surface area contributed by atoms with Gasteiger partial charge in [0.2, 0.25) is 0 Å². The number of nitrogens with two attached hydrogens (primary N) is 1. The summed E-state index contributed by atoms with van der Waals surface area (Å²) in [5.41, 5.74) is 9.29. The van der Waals surface area contributed by atoms with E-state index >= 15 is 0 Å². The smallest absolute Gasteiger partial charge is 0.0725 e. The summed E-state index contributed by atoms with van der Waals surface area (Å²) in [6, 6.07) is 15.2. The van der Waals surface area contributed by atoms with Crippen molar-refractivity contribution < 1.29 is 4.74 Å². The van der Waals surface area contributed by atoms with Gasteiger partial charge in [-0.1, -0.05) is 48.0 Å². The number of hydrogen-bond acceptors (Lipinski definition) is 3. The number of ether oxygens (including phenoxy) is 1. The van der Waals surface area contributed by atoms with E-state index in [1.165, 1.54) is 27.8 Å². The molecule has 0 saturated heterocycles. The molecule has 2 aromatic rings. The first-order valence-corrected chi connectivity index (χ1v) is 6.97. The average molecular weight is 268 g/mol. The Labute approximate surface area is 119 Å². The Morgan fingerprint density at radius 3 is 2.60 bits per heavy atom. The minimum Gasteiger partial charge on any atom is -0.372 e. The summed E-state index contributed by atoms with van der Waals surface area (Å²) in [5.74, 6) is 5.75. The number of hydrogen-bond donors (Lipinski definition) is 2. The van der Waals surface area contributed by atoms with Crippen molar-refractivity contribution in [1.82, 2.24) is 5.43 Å². The number of hydrazine groups is 1. The van der Waals surface area contributed by atoms with Crippen LogP contribution in [0.15, 0.2) is 42.5 Å². The van der Waals surface area contributed by atoms with Crippen LogP contribution in [-0.4, -0.2) is 0 Å². The maximum atomic E-state index is 5.75. The van der Waals surface area contributed by atoms with Crippen molar-refractivity contribution in [2.75, 3.05) is 0 Å². The van der Waals surface area contributed by atoms with Gasteiger partial charge in [0.25, 0.3) is 0 Å². The average Bonchev–Trinajstić information content (AvgIpc) is 2.94. The highest BCUT2D eigenvalue weighted by Gasteiger charge is 2.16. The van der Waals surface area contributed by atoms with Gasteiger partial charge >= 0.3 is 0 Å². The molecular formula is C17H20N2O. The largest absolute Gasteiger partial charge is 0.372 e. The lowest BCUT2D eigenvalue weighted by molar-refractivity contribution is 0.134. The summed E-state index contributed by atoms with van der Waals surface area (Å²) in [4.78, 5) is 0. The van der Waals surface area contributed by atoms with Gasteiger partial charge in [-0.05, 0) is 35.6 Å². The second-order valence-electron chi connectivity index (χ2n) is 5.43. The normalized spacial score (nSPS) is 15.1. The van der Waals surface area contributed by atoms with Gasteiger partial charge in [-0.25, -0.2) is 0 Å². The molecule has 3 N–H and O–H groups in total. The van der Waals surface area contributed by atoms with Crippen LogP contribution in [-0.2, 0) is 24.4 Å². The molecule has 1 aliphatic rings. The molecule has 0 spiro atoms. The third-order valence-electron chi connectivity index (χ3n) is 3.91. The van der Waals surface area contributed by atoms with Crippen LogP contribution in [0.1, 0.15) is 33.9 Å². The standard InChI is InChI=1S/C17H20N2O/c1-12-2-4-13(5-3-12)8-17(19-18)14-6-7-15-10-20-11-16(15)9-14/h2-7,9,17,19H,8,10-11,18H2,1H3. The Balaban J connectivity index is 1.81. The molecule has 3 heteroatoms. The molecule has 2 aromatic carbocycles. The zero-order chi connectivity index (χ0) is 13.9. The van der Waals surface area contributed by atoms with E-state index in [1.54, 1.807) is 0 Å². The van der Waals surface area contributed by atoms with Crippen molar-refractivity contribution in [2.45, 2.75) is 32.6 Å². The van der Waals surface area contributed by atoms with Crippen LogP contribution in [0.25, 0.3) is 0 Å². The molecule has 0 aliphatic carbocycles. The fourth-order valence-corrected chi connectivity index (χ4v) is 2.64. The van der Waals surface area contributed by atoms with E-state index in [9.17, 15) is 0 Å². The fraction of sp³-hybridized carbons (Fsp3) is 0.294. The maximum absolute atomic E-state index is 5.75. The number of benzene rings is 2. The summed E-state index contributed by atoms with van der Waals surface area (Å²) in [6.07, 6.45) is 0.885. The molecule has 20 heavy (non-hydrogen) atoms. The molecule has 3 rings (SSSR count). The molecule has 0 amide bonds. The lowest BCUT2D eigenvalue weighted by Crippen LogP contribution is -2.29. The van der Waals surface area contributed by atoms with E-state index in [0.29, 0.717) is 6.61 Å². The van der Waals surface area contributed by atoms with Crippen molar-refractivity contribution in [1.29, 1.82) is 0 Å². The highest BCUT2D eigenvalue weighted by Crippen LogP contribution is 2.25. The molecule has 1 aliphatic heterocycles. The molecule has 1 atom stereocenters. The van der Waals surface area contributed by atoms with Gasteiger partial charge in [-0.15, -0.1) is 0 Å². The molecule has 0 saturated carbocycles. The zero-order valence-corrected chi connectivity index (χ0v) is 11.7. The minimum absolute atomic E-state index is 0.128. The lowest BCUT2D eigenvalue weighted by Gasteiger charge is -2.17. The van der Waals surface area contributed by atoms with Crippen molar-refractivity contribution in [2.24, 2.45) is 5.84 Å².